The van der Waals surface area contributed by atoms with Crippen LogP contribution in [-0.4, -0.2) is 21.6 Å². The first kappa shape index (κ1) is 12.8. The zero-order valence-corrected chi connectivity index (χ0v) is 8.99. The molecule has 0 saturated carbocycles. The standard InChI is InChI=1S/C8H10NO6P/c10-9(11)8(6-15-16(12,13)14)7-4-2-1-3-5-7/h1-5,8H,6H2,(H2-,10,11,12,13,14). The van der Waals surface area contributed by atoms with Gasteiger partial charge in [-0.05, 0) is 0 Å². The molecule has 88 valence electrons. The second kappa shape index (κ2) is 5.18. The molecule has 0 aromatic heterocycles. The molecule has 2 atom stereocenters. The summed E-state index contributed by atoms with van der Waals surface area (Å²) in [5.74, 6) is 0. The average Bonchev–Trinajstić information content (AvgIpc) is 2.17. The van der Waals surface area contributed by atoms with Crippen molar-refractivity contribution in [2.24, 2.45) is 0 Å². The lowest BCUT2D eigenvalue weighted by Crippen LogP contribution is -2.19. The summed E-state index contributed by atoms with van der Waals surface area (Å²) in [6, 6.07) is 6.74. The molecule has 2 N–H and O–H groups in total. The third-order valence-electron chi connectivity index (χ3n) is 1.85. The van der Waals surface area contributed by atoms with E-state index in [1.54, 1.807) is 18.2 Å². The molecule has 0 radical (unpaired) electrons. The van der Waals surface area contributed by atoms with Crippen LogP contribution < -0.4 is 4.89 Å². The average molecular weight is 247 g/mol. The van der Waals surface area contributed by atoms with Gasteiger partial charge in [0, 0.05) is 5.56 Å². The maximum atomic E-state index is 10.8. The van der Waals surface area contributed by atoms with E-state index in [1.807, 2.05) is 0 Å². The number of nitrogens with zero attached hydrogens (tertiary/aromatic N) is 1. The van der Waals surface area contributed by atoms with E-state index in [4.69, 9.17) is 10.1 Å². The molecule has 0 saturated heterocycles. The minimum absolute atomic E-state index is 0.369. The zero-order valence-electron chi connectivity index (χ0n) is 8.09. The van der Waals surface area contributed by atoms with Crippen molar-refractivity contribution in [3.05, 3.63) is 40.8 Å². The Kier molecular flexibility index (Phi) is 4.14. The molecule has 1 rings (SSSR count). The van der Waals surface area contributed by atoms with E-state index >= 15 is 0 Å². The van der Waals surface area contributed by atoms with Crippen molar-refractivity contribution in [1.82, 2.24) is 0 Å². The molecule has 1 aromatic carbocycles. The summed E-state index contributed by atoms with van der Waals surface area (Å²) in [6.45, 7) is -0.665. The Bertz CT molecular complexity index is 402. The van der Waals surface area contributed by atoms with E-state index in [-0.39, 0.29) is 0 Å². The molecular weight excluding hydrogens is 237 g/mol. The van der Waals surface area contributed by atoms with E-state index in [1.165, 1.54) is 12.1 Å². The van der Waals surface area contributed by atoms with Gasteiger partial charge in [0.25, 0.3) is 7.82 Å². The number of phosphoric ester groups is 1. The van der Waals surface area contributed by atoms with Gasteiger partial charge in [0.2, 0.25) is 4.92 Å². The lowest BCUT2D eigenvalue weighted by molar-refractivity contribution is -0.821. The largest absolute Gasteiger partial charge is 0.756 e. The molecule has 8 heteroatoms. The molecule has 0 spiro atoms. The lowest BCUT2D eigenvalue weighted by atomic mass is 10.1. The fraction of sp³-hybridized carbons (Fsp3) is 0.250. The second-order valence-corrected chi connectivity index (χ2v) is 4.19. The quantitative estimate of drug-likeness (QED) is 0.574. The molecule has 0 aliphatic rings. The van der Waals surface area contributed by atoms with Crippen LogP contribution in [0.4, 0.5) is 0 Å². The van der Waals surface area contributed by atoms with Gasteiger partial charge in [0.1, 0.15) is 6.61 Å². The molecular formula is C8H10NO6P. The summed E-state index contributed by atoms with van der Waals surface area (Å²) in [4.78, 5) is 29.1. The number of phosphoric acid groups is 1. The van der Waals surface area contributed by atoms with Crippen molar-refractivity contribution in [2.75, 3.05) is 6.61 Å². The van der Waals surface area contributed by atoms with E-state index in [0.29, 0.717) is 5.56 Å². The van der Waals surface area contributed by atoms with Crippen LogP contribution in [0.2, 0.25) is 0 Å². The van der Waals surface area contributed by atoms with Gasteiger partial charge in [-0.1, -0.05) is 30.3 Å². The van der Waals surface area contributed by atoms with Gasteiger partial charge in [-0.15, -0.1) is 0 Å². The molecule has 0 aliphatic heterocycles. The number of benzene rings is 1. The van der Waals surface area contributed by atoms with Crippen molar-refractivity contribution in [2.45, 2.75) is 6.04 Å². The highest BCUT2D eigenvalue weighted by Gasteiger charge is 2.29. The van der Waals surface area contributed by atoms with Crippen LogP contribution in [-0.2, 0) is 9.09 Å². The number of rotatable bonds is 5. The van der Waals surface area contributed by atoms with Gasteiger partial charge in [-0.3, -0.25) is 4.57 Å². The predicted octanol–water partition coefficient (Wildman–Crippen LogP) is 0.373. The van der Waals surface area contributed by atoms with Crippen LogP contribution in [0, 0.1) is 4.91 Å². The summed E-state index contributed by atoms with van der Waals surface area (Å²) in [5, 5.41) is 8.79. The Morgan fingerprint density at radius 1 is 1.44 bits per heavy atom. The maximum Gasteiger partial charge on any atom is 0.305 e. The molecule has 16 heavy (non-hydrogen) atoms. The van der Waals surface area contributed by atoms with Crippen molar-refractivity contribution < 1.29 is 29.0 Å². The predicted molar refractivity (Wildman–Crippen MR) is 50.4 cm³/mol. The van der Waals surface area contributed by atoms with Gasteiger partial charge in [-0.25, -0.2) is 5.21 Å². The fourth-order valence-corrected chi connectivity index (χ4v) is 1.46. The van der Waals surface area contributed by atoms with E-state index in [9.17, 15) is 14.4 Å². The Morgan fingerprint density at radius 3 is 2.44 bits per heavy atom. The first-order chi connectivity index (χ1) is 7.40. The van der Waals surface area contributed by atoms with Crippen molar-refractivity contribution >= 4 is 7.82 Å². The Labute approximate surface area is 91.1 Å². The minimum Gasteiger partial charge on any atom is -0.756 e. The van der Waals surface area contributed by atoms with Gasteiger partial charge >= 0.3 is 6.04 Å². The molecule has 7 nitrogen and oxygen atoms in total. The summed E-state index contributed by atoms with van der Waals surface area (Å²) >= 11 is 0. The topological polar surface area (TPSA) is 110 Å². The summed E-state index contributed by atoms with van der Waals surface area (Å²) in [6.07, 6.45) is 0. The van der Waals surface area contributed by atoms with E-state index < -0.39 is 25.4 Å². The van der Waals surface area contributed by atoms with Crippen LogP contribution in [0.3, 0.4) is 0 Å². The minimum atomic E-state index is -4.91. The fourth-order valence-electron chi connectivity index (χ4n) is 1.13. The highest BCUT2D eigenvalue weighted by atomic mass is 31.2. The molecule has 0 heterocycles. The summed E-state index contributed by atoms with van der Waals surface area (Å²) in [5.41, 5.74) is 0.369. The highest BCUT2D eigenvalue weighted by Crippen LogP contribution is 2.32. The first-order valence-electron chi connectivity index (χ1n) is 4.28. The lowest BCUT2D eigenvalue weighted by Gasteiger charge is -2.15. The van der Waals surface area contributed by atoms with Crippen molar-refractivity contribution in [3.63, 3.8) is 0 Å². The van der Waals surface area contributed by atoms with Gasteiger partial charge in [-0.2, -0.15) is 0 Å². The third-order valence-corrected chi connectivity index (χ3v) is 2.32. The number of hydrogen-bond acceptors (Lipinski definition) is 4. The van der Waals surface area contributed by atoms with Crippen molar-refractivity contribution in [3.8, 4) is 0 Å². The second-order valence-electron chi connectivity index (χ2n) is 2.99. The van der Waals surface area contributed by atoms with Crippen LogP contribution in [0.15, 0.2) is 30.3 Å². The normalized spacial score (nSPS) is 16.4. The number of hydrogen-bond donors (Lipinski definition) is 2. The van der Waals surface area contributed by atoms with E-state index in [2.05, 4.69) is 4.52 Å². The summed E-state index contributed by atoms with van der Waals surface area (Å²) in [7, 11) is -4.91. The molecule has 0 aliphatic carbocycles. The van der Waals surface area contributed by atoms with Gasteiger partial charge < -0.3 is 14.3 Å². The Morgan fingerprint density at radius 2 is 2.00 bits per heavy atom. The maximum absolute atomic E-state index is 10.8. The smallest absolute Gasteiger partial charge is 0.305 e. The Balaban J connectivity index is 2.78. The molecule has 2 unspecified atom stereocenters. The SMILES string of the molecule is O=[N+](O)C(COP(=O)([O-])O)c1ccccc1. The first-order valence-corrected chi connectivity index (χ1v) is 5.78. The van der Waals surface area contributed by atoms with Crippen LogP contribution >= 0.6 is 7.82 Å². The summed E-state index contributed by atoms with van der Waals surface area (Å²) < 4.78 is 14.4. The highest BCUT2D eigenvalue weighted by molar-refractivity contribution is 7.44. The van der Waals surface area contributed by atoms with Gasteiger partial charge in [0.15, 0.2) is 0 Å². The Hall–Kier alpha value is -1.27. The third kappa shape index (κ3) is 4.08. The molecule has 0 amide bonds. The van der Waals surface area contributed by atoms with E-state index in [0.717, 1.165) is 0 Å². The van der Waals surface area contributed by atoms with Crippen LogP contribution in [0.1, 0.15) is 11.6 Å². The molecule has 0 fully saturated rings. The van der Waals surface area contributed by atoms with Crippen LogP contribution in [0.25, 0.3) is 0 Å². The monoisotopic (exact) mass is 247 g/mol. The molecule has 1 aromatic rings. The van der Waals surface area contributed by atoms with Crippen molar-refractivity contribution in [1.29, 1.82) is 0 Å². The zero-order chi connectivity index (χ0) is 12.2. The van der Waals surface area contributed by atoms with Gasteiger partial charge in [0.05, 0.1) is 4.91 Å². The van der Waals surface area contributed by atoms with Crippen LogP contribution in [0.5, 0.6) is 0 Å². The molecule has 0 bridgehead atoms.